The molecule has 9 aromatic carbocycles. The summed E-state index contributed by atoms with van der Waals surface area (Å²) >= 11 is 1.88. The van der Waals surface area contributed by atoms with Gasteiger partial charge in [0.1, 0.15) is 0 Å². The highest BCUT2D eigenvalue weighted by Crippen LogP contribution is 2.49. The van der Waals surface area contributed by atoms with Crippen LogP contribution in [0.3, 0.4) is 0 Å². The lowest BCUT2D eigenvalue weighted by Crippen LogP contribution is -2.10. The van der Waals surface area contributed by atoms with E-state index in [2.05, 4.69) is 217 Å². The van der Waals surface area contributed by atoms with Gasteiger partial charge in [0.15, 0.2) is 0 Å². The molecule has 1 aliphatic carbocycles. The highest BCUT2D eigenvalue weighted by Gasteiger charge is 2.22. The Kier molecular flexibility index (Phi) is 8.15. The van der Waals surface area contributed by atoms with Gasteiger partial charge in [-0.2, -0.15) is 0 Å². The summed E-state index contributed by atoms with van der Waals surface area (Å²) in [5.74, 6) is 0. The standard InChI is InChI=1S/C55H37NS/c1-3-12-37(13-4-1)41-17-11-18-42(34-41)38-24-28-46(29-25-38)56(47-30-26-39(27-31-47)43-22-23-45-35-44-16-7-8-19-48(44)51(45)36-43)52-33-32-49(40-14-5-2-6-15-40)54-50-20-9-10-21-53(50)57-55(52)54/h1-34,36H,35H2. The van der Waals surface area contributed by atoms with Gasteiger partial charge in [0.25, 0.3) is 0 Å². The molecule has 0 atom stereocenters. The fourth-order valence-corrected chi connectivity index (χ4v) is 9.93. The third kappa shape index (κ3) is 5.94. The SMILES string of the molecule is c1ccc(-c2cccc(-c3ccc(N(c4ccc(-c5ccc6c(c5)-c5ccccc5C6)cc4)c4ccc(-c5ccccc5)c5c4sc4ccccc45)cc3)c2)cc1. The Bertz CT molecular complexity index is 3070. The van der Waals surface area contributed by atoms with Crippen LogP contribution in [0.5, 0.6) is 0 Å². The fraction of sp³-hybridized carbons (Fsp3) is 0.0182. The Morgan fingerprint density at radius 1 is 0.351 bits per heavy atom. The van der Waals surface area contributed by atoms with Crippen LogP contribution in [-0.4, -0.2) is 0 Å². The summed E-state index contributed by atoms with van der Waals surface area (Å²) in [4.78, 5) is 2.44. The molecule has 1 aromatic heterocycles. The molecule has 0 bridgehead atoms. The largest absolute Gasteiger partial charge is 0.309 e. The van der Waals surface area contributed by atoms with Crippen LogP contribution < -0.4 is 4.90 Å². The monoisotopic (exact) mass is 743 g/mol. The maximum atomic E-state index is 2.44. The fourth-order valence-electron chi connectivity index (χ4n) is 8.69. The molecular formula is C55H37NS. The molecule has 0 saturated carbocycles. The molecule has 0 unspecified atom stereocenters. The molecule has 0 aliphatic heterocycles. The molecule has 0 radical (unpaired) electrons. The molecule has 0 amide bonds. The van der Waals surface area contributed by atoms with Gasteiger partial charge in [-0.25, -0.2) is 0 Å². The van der Waals surface area contributed by atoms with Crippen LogP contribution >= 0.6 is 11.3 Å². The van der Waals surface area contributed by atoms with Crippen LogP contribution in [0, 0.1) is 0 Å². The summed E-state index contributed by atoms with van der Waals surface area (Å²) in [7, 11) is 0. The van der Waals surface area contributed by atoms with Gasteiger partial charge in [0, 0.05) is 26.8 Å². The second kappa shape index (κ2) is 13.9. The first kappa shape index (κ1) is 33.3. The van der Waals surface area contributed by atoms with Gasteiger partial charge in [-0.3, -0.25) is 0 Å². The molecule has 11 rings (SSSR count). The van der Waals surface area contributed by atoms with Crippen LogP contribution in [0.15, 0.2) is 212 Å². The number of rotatable bonds is 7. The second-order valence-electron chi connectivity index (χ2n) is 14.9. The van der Waals surface area contributed by atoms with E-state index in [9.17, 15) is 0 Å². The van der Waals surface area contributed by atoms with Gasteiger partial charge < -0.3 is 4.90 Å². The number of anilines is 3. The van der Waals surface area contributed by atoms with Gasteiger partial charge in [0.2, 0.25) is 0 Å². The first-order valence-corrected chi connectivity index (χ1v) is 20.4. The van der Waals surface area contributed by atoms with Crippen molar-refractivity contribution in [2.45, 2.75) is 6.42 Å². The molecule has 1 heterocycles. The van der Waals surface area contributed by atoms with Gasteiger partial charge in [0.05, 0.1) is 10.4 Å². The van der Waals surface area contributed by atoms with Crippen molar-refractivity contribution < 1.29 is 0 Å². The predicted octanol–water partition coefficient (Wildman–Crippen LogP) is 15.8. The van der Waals surface area contributed by atoms with Crippen molar-refractivity contribution >= 4 is 48.6 Å². The van der Waals surface area contributed by atoms with E-state index in [1.54, 1.807) is 0 Å². The summed E-state index contributed by atoms with van der Waals surface area (Å²) in [6.07, 6.45) is 1.01. The van der Waals surface area contributed by atoms with Crippen molar-refractivity contribution in [1.82, 2.24) is 0 Å². The minimum Gasteiger partial charge on any atom is -0.309 e. The minimum atomic E-state index is 1.01. The van der Waals surface area contributed by atoms with E-state index < -0.39 is 0 Å². The van der Waals surface area contributed by atoms with Crippen LogP contribution in [-0.2, 0) is 6.42 Å². The quantitative estimate of drug-likeness (QED) is 0.157. The Hall–Kier alpha value is -7.00. The maximum Gasteiger partial charge on any atom is 0.0640 e. The van der Waals surface area contributed by atoms with Crippen LogP contribution in [0.25, 0.3) is 75.8 Å². The van der Waals surface area contributed by atoms with Crippen molar-refractivity contribution in [1.29, 1.82) is 0 Å². The molecule has 0 fully saturated rings. The topological polar surface area (TPSA) is 3.24 Å². The molecule has 1 nitrogen and oxygen atoms in total. The number of hydrogen-bond donors (Lipinski definition) is 0. The average Bonchev–Trinajstić information content (AvgIpc) is 3.87. The first-order chi connectivity index (χ1) is 28.2. The number of hydrogen-bond acceptors (Lipinski definition) is 2. The van der Waals surface area contributed by atoms with E-state index >= 15 is 0 Å². The van der Waals surface area contributed by atoms with Crippen LogP contribution in [0.1, 0.15) is 11.1 Å². The molecule has 10 aromatic rings. The maximum absolute atomic E-state index is 2.44. The van der Waals surface area contributed by atoms with E-state index in [1.165, 1.54) is 92.6 Å². The highest BCUT2D eigenvalue weighted by molar-refractivity contribution is 7.26. The van der Waals surface area contributed by atoms with Gasteiger partial charge in [-0.05, 0) is 122 Å². The average molecular weight is 744 g/mol. The van der Waals surface area contributed by atoms with E-state index in [-0.39, 0.29) is 0 Å². The van der Waals surface area contributed by atoms with Crippen molar-refractivity contribution in [3.63, 3.8) is 0 Å². The van der Waals surface area contributed by atoms with Crippen molar-refractivity contribution in [2.24, 2.45) is 0 Å². The number of fused-ring (bicyclic) bond motifs is 6. The molecule has 0 saturated heterocycles. The van der Waals surface area contributed by atoms with Gasteiger partial charge in [-0.1, -0.05) is 164 Å². The molecule has 0 N–H and O–H groups in total. The Morgan fingerprint density at radius 3 is 1.61 bits per heavy atom. The van der Waals surface area contributed by atoms with E-state index in [1.807, 2.05) is 11.3 Å². The molecule has 2 heteroatoms. The van der Waals surface area contributed by atoms with Crippen LogP contribution in [0.4, 0.5) is 17.1 Å². The summed E-state index contributed by atoms with van der Waals surface area (Å²) in [5.41, 5.74) is 18.7. The normalized spacial score (nSPS) is 11.8. The lowest BCUT2D eigenvalue weighted by molar-refractivity contribution is 1.26. The lowest BCUT2D eigenvalue weighted by atomic mass is 9.97. The summed E-state index contributed by atoms with van der Waals surface area (Å²) in [5, 5.41) is 2.59. The van der Waals surface area contributed by atoms with E-state index in [0.29, 0.717) is 0 Å². The number of thiophene rings is 1. The van der Waals surface area contributed by atoms with Gasteiger partial charge >= 0.3 is 0 Å². The summed E-state index contributed by atoms with van der Waals surface area (Å²) in [6.45, 7) is 0. The molecule has 268 valence electrons. The Balaban J connectivity index is 1.04. The minimum absolute atomic E-state index is 1.01. The number of benzene rings is 9. The lowest BCUT2D eigenvalue weighted by Gasteiger charge is -2.27. The van der Waals surface area contributed by atoms with E-state index in [0.717, 1.165) is 17.8 Å². The van der Waals surface area contributed by atoms with Gasteiger partial charge in [-0.15, -0.1) is 11.3 Å². The molecular weight excluding hydrogens is 707 g/mol. The Morgan fingerprint density at radius 2 is 0.895 bits per heavy atom. The van der Waals surface area contributed by atoms with E-state index in [4.69, 9.17) is 0 Å². The third-order valence-corrected chi connectivity index (χ3v) is 12.7. The number of nitrogens with zero attached hydrogens (tertiary/aromatic N) is 1. The predicted molar refractivity (Wildman–Crippen MR) is 244 cm³/mol. The second-order valence-corrected chi connectivity index (χ2v) is 15.9. The highest BCUT2D eigenvalue weighted by atomic mass is 32.1. The molecule has 1 aliphatic rings. The third-order valence-electron chi connectivity index (χ3n) is 11.5. The van der Waals surface area contributed by atoms with Crippen LogP contribution in [0.2, 0.25) is 0 Å². The van der Waals surface area contributed by atoms with Crippen molar-refractivity contribution in [3.8, 4) is 55.6 Å². The zero-order valence-corrected chi connectivity index (χ0v) is 32.1. The smallest absolute Gasteiger partial charge is 0.0640 e. The Labute approximate surface area is 337 Å². The summed E-state index contributed by atoms with van der Waals surface area (Å²) in [6, 6.07) is 77.8. The molecule has 57 heavy (non-hydrogen) atoms. The summed E-state index contributed by atoms with van der Waals surface area (Å²) < 4.78 is 2.57. The zero-order valence-electron chi connectivity index (χ0n) is 31.3. The van der Waals surface area contributed by atoms with Crippen molar-refractivity contribution in [3.05, 3.63) is 223 Å². The first-order valence-electron chi connectivity index (χ1n) is 19.6. The zero-order chi connectivity index (χ0) is 37.7. The van der Waals surface area contributed by atoms with Crippen molar-refractivity contribution in [2.75, 3.05) is 4.90 Å². The molecule has 0 spiro atoms.